The zero-order valence-electron chi connectivity index (χ0n) is 16.7. The van der Waals surface area contributed by atoms with Gasteiger partial charge in [0.15, 0.2) is 11.0 Å². The Balaban J connectivity index is 1.49. The van der Waals surface area contributed by atoms with Crippen molar-refractivity contribution in [1.29, 1.82) is 0 Å². The Hall–Kier alpha value is -3.17. The van der Waals surface area contributed by atoms with Crippen molar-refractivity contribution in [2.75, 3.05) is 20.8 Å². The van der Waals surface area contributed by atoms with Crippen LogP contribution in [0.25, 0.3) is 22.8 Å². The summed E-state index contributed by atoms with van der Waals surface area (Å²) < 4.78 is 18.1. The number of ether oxygens (including phenoxy) is 2. The molecule has 0 radical (unpaired) electrons. The zero-order chi connectivity index (χ0) is 20.8. The molecule has 8 nitrogen and oxygen atoms in total. The van der Waals surface area contributed by atoms with E-state index >= 15 is 0 Å². The van der Waals surface area contributed by atoms with E-state index in [1.807, 2.05) is 41.0 Å². The molecule has 0 saturated heterocycles. The average Bonchev–Trinajstić information content (AvgIpc) is 3.44. The molecule has 0 bridgehead atoms. The molecule has 4 rings (SSSR count). The van der Waals surface area contributed by atoms with Crippen LogP contribution in [0.2, 0.25) is 0 Å². The third-order valence-corrected chi connectivity index (χ3v) is 5.41. The highest BCUT2D eigenvalue weighted by atomic mass is 32.2. The van der Waals surface area contributed by atoms with Crippen molar-refractivity contribution in [2.24, 2.45) is 0 Å². The lowest BCUT2D eigenvalue weighted by atomic mass is 10.2. The van der Waals surface area contributed by atoms with Crippen LogP contribution in [-0.4, -0.2) is 45.6 Å². The minimum atomic E-state index is 0.565. The van der Waals surface area contributed by atoms with Crippen LogP contribution in [0.1, 0.15) is 5.69 Å². The van der Waals surface area contributed by atoms with Crippen LogP contribution < -0.4 is 4.74 Å². The summed E-state index contributed by atoms with van der Waals surface area (Å²) in [6, 6.07) is 11.4. The van der Waals surface area contributed by atoms with Gasteiger partial charge in [-0.2, -0.15) is 0 Å². The largest absolute Gasteiger partial charge is 0.497 e. The first-order valence-corrected chi connectivity index (χ1v) is 10.3. The van der Waals surface area contributed by atoms with Crippen molar-refractivity contribution in [3.05, 3.63) is 60.7 Å². The van der Waals surface area contributed by atoms with Crippen LogP contribution in [0, 0.1) is 0 Å². The Bertz CT molecular complexity index is 1080. The lowest BCUT2D eigenvalue weighted by Gasteiger charge is -2.09. The second-order valence-corrected chi connectivity index (χ2v) is 7.29. The highest BCUT2D eigenvalue weighted by Crippen LogP contribution is 2.28. The SMILES string of the molecule is COCCn1c(SCc2coc(-c3ccc(OC)cc3)n2)nnc1-c1ccncc1. The molecular weight excluding hydrogens is 402 g/mol. The predicted molar refractivity (Wildman–Crippen MR) is 113 cm³/mol. The fourth-order valence-electron chi connectivity index (χ4n) is 2.87. The van der Waals surface area contributed by atoms with Gasteiger partial charge in [-0.05, 0) is 36.4 Å². The molecule has 0 spiro atoms. The van der Waals surface area contributed by atoms with Gasteiger partial charge in [-0.25, -0.2) is 4.98 Å². The molecule has 0 N–H and O–H groups in total. The second-order valence-electron chi connectivity index (χ2n) is 6.35. The maximum Gasteiger partial charge on any atom is 0.226 e. The van der Waals surface area contributed by atoms with Gasteiger partial charge in [0.05, 0.1) is 26.0 Å². The van der Waals surface area contributed by atoms with Gasteiger partial charge in [0.2, 0.25) is 5.89 Å². The number of hydrogen-bond acceptors (Lipinski definition) is 8. The topological polar surface area (TPSA) is 88.1 Å². The molecule has 3 heterocycles. The molecule has 0 saturated carbocycles. The van der Waals surface area contributed by atoms with E-state index in [0.717, 1.165) is 33.6 Å². The summed E-state index contributed by atoms with van der Waals surface area (Å²) in [5.74, 6) is 2.77. The van der Waals surface area contributed by atoms with Crippen LogP contribution in [0.5, 0.6) is 5.75 Å². The molecule has 0 aliphatic rings. The number of rotatable bonds is 9. The van der Waals surface area contributed by atoms with Crippen molar-refractivity contribution in [3.8, 4) is 28.6 Å². The number of pyridine rings is 1. The Labute approximate surface area is 178 Å². The van der Waals surface area contributed by atoms with Gasteiger partial charge in [-0.3, -0.25) is 9.55 Å². The van der Waals surface area contributed by atoms with E-state index in [-0.39, 0.29) is 0 Å². The van der Waals surface area contributed by atoms with Gasteiger partial charge in [0, 0.05) is 36.4 Å². The predicted octanol–water partition coefficient (Wildman–Crippen LogP) is 3.94. The number of thioether (sulfide) groups is 1. The average molecular weight is 423 g/mol. The quantitative estimate of drug-likeness (QED) is 0.374. The normalized spacial score (nSPS) is 11.0. The van der Waals surface area contributed by atoms with E-state index in [1.54, 1.807) is 44.6 Å². The number of methoxy groups -OCH3 is 2. The van der Waals surface area contributed by atoms with Crippen LogP contribution in [0.3, 0.4) is 0 Å². The van der Waals surface area contributed by atoms with E-state index < -0.39 is 0 Å². The van der Waals surface area contributed by atoms with Crippen molar-refractivity contribution in [1.82, 2.24) is 24.7 Å². The van der Waals surface area contributed by atoms with Gasteiger partial charge in [0.25, 0.3) is 0 Å². The fraction of sp³-hybridized carbons (Fsp3) is 0.238. The molecule has 154 valence electrons. The third kappa shape index (κ3) is 4.52. The summed E-state index contributed by atoms with van der Waals surface area (Å²) in [4.78, 5) is 8.66. The first-order valence-electron chi connectivity index (χ1n) is 9.32. The van der Waals surface area contributed by atoms with E-state index in [2.05, 4.69) is 20.2 Å². The second kappa shape index (κ2) is 9.55. The number of benzene rings is 1. The molecule has 9 heteroatoms. The number of aromatic nitrogens is 5. The first-order chi connectivity index (χ1) is 14.8. The first kappa shape index (κ1) is 20.1. The molecule has 0 unspecified atom stereocenters. The third-order valence-electron chi connectivity index (χ3n) is 4.41. The van der Waals surface area contributed by atoms with Crippen molar-refractivity contribution >= 4 is 11.8 Å². The minimum absolute atomic E-state index is 0.565. The summed E-state index contributed by atoms with van der Waals surface area (Å²) in [6.07, 6.45) is 5.16. The van der Waals surface area contributed by atoms with Gasteiger partial charge in [-0.15, -0.1) is 10.2 Å². The summed E-state index contributed by atoms with van der Waals surface area (Å²) >= 11 is 1.56. The fourth-order valence-corrected chi connectivity index (χ4v) is 3.71. The maximum absolute atomic E-state index is 5.65. The zero-order valence-corrected chi connectivity index (χ0v) is 17.5. The molecule has 30 heavy (non-hydrogen) atoms. The molecule has 0 atom stereocenters. The molecule has 0 aliphatic carbocycles. The molecule has 0 aliphatic heterocycles. The lowest BCUT2D eigenvalue weighted by Crippen LogP contribution is -2.07. The maximum atomic E-state index is 5.65. The van der Waals surface area contributed by atoms with Crippen molar-refractivity contribution in [2.45, 2.75) is 17.5 Å². The van der Waals surface area contributed by atoms with Crippen molar-refractivity contribution < 1.29 is 13.9 Å². The Morgan fingerprint density at radius 1 is 1.00 bits per heavy atom. The summed E-state index contributed by atoms with van der Waals surface area (Å²) in [6.45, 7) is 1.22. The van der Waals surface area contributed by atoms with Crippen LogP contribution >= 0.6 is 11.8 Å². The van der Waals surface area contributed by atoms with Crippen LogP contribution in [-0.2, 0) is 17.0 Å². The van der Waals surface area contributed by atoms with Gasteiger partial charge in [0.1, 0.15) is 12.0 Å². The molecule has 0 fully saturated rings. The standard InChI is InChI=1S/C21H21N5O3S/c1-27-12-11-26-19(15-7-9-22-10-8-15)24-25-21(26)30-14-17-13-29-20(23-17)16-3-5-18(28-2)6-4-16/h3-10,13H,11-12,14H2,1-2H3. The highest BCUT2D eigenvalue weighted by molar-refractivity contribution is 7.98. The summed E-state index contributed by atoms with van der Waals surface area (Å²) in [7, 11) is 3.32. The van der Waals surface area contributed by atoms with Crippen LogP contribution in [0.4, 0.5) is 0 Å². The smallest absolute Gasteiger partial charge is 0.226 e. The number of nitrogens with zero attached hydrogens (tertiary/aromatic N) is 5. The molecule has 3 aromatic heterocycles. The van der Waals surface area contributed by atoms with Gasteiger partial charge < -0.3 is 13.9 Å². The molecule has 1 aromatic carbocycles. The van der Waals surface area contributed by atoms with E-state index in [0.29, 0.717) is 24.8 Å². The van der Waals surface area contributed by atoms with Crippen LogP contribution in [0.15, 0.2) is 64.6 Å². The highest BCUT2D eigenvalue weighted by Gasteiger charge is 2.15. The Kier molecular flexibility index (Phi) is 6.41. The Morgan fingerprint density at radius 2 is 1.80 bits per heavy atom. The van der Waals surface area contributed by atoms with Crippen molar-refractivity contribution in [3.63, 3.8) is 0 Å². The summed E-state index contributed by atoms with van der Waals surface area (Å²) in [5.41, 5.74) is 2.69. The molecule has 0 amide bonds. The molecule has 4 aromatic rings. The minimum Gasteiger partial charge on any atom is -0.497 e. The monoisotopic (exact) mass is 423 g/mol. The number of hydrogen-bond donors (Lipinski definition) is 0. The van der Waals surface area contributed by atoms with E-state index in [1.165, 1.54) is 0 Å². The Morgan fingerprint density at radius 3 is 2.53 bits per heavy atom. The van der Waals surface area contributed by atoms with Gasteiger partial charge in [-0.1, -0.05) is 11.8 Å². The van der Waals surface area contributed by atoms with Gasteiger partial charge >= 0.3 is 0 Å². The lowest BCUT2D eigenvalue weighted by molar-refractivity contribution is 0.185. The van der Waals surface area contributed by atoms with E-state index in [9.17, 15) is 0 Å². The molecular formula is C21H21N5O3S. The summed E-state index contributed by atoms with van der Waals surface area (Å²) in [5, 5.41) is 9.54. The van der Waals surface area contributed by atoms with E-state index in [4.69, 9.17) is 13.9 Å². The number of oxazole rings is 1.